The number of hydrogen-bond donors (Lipinski definition) is 1. The molecule has 0 saturated carbocycles. The summed E-state index contributed by atoms with van der Waals surface area (Å²) in [5.74, 6) is -0.487. The minimum absolute atomic E-state index is 0.000774. The van der Waals surface area contributed by atoms with Gasteiger partial charge in [0, 0.05) is 37.4 Å². The predicted octanol–water partition coefficient (Wildman–Crippen LogP) is 3.86. The molecule has 1 fully saturated rings. The van der Waals surface area contributed by atoms with Gasteiger partial charge in [-0.2, -0.15) is 0 Å². The van der Waals surface area contributed by atoms with Gasteiger partial charge in [0.15, 0.2) is 4.77 Å². The molecule has 5 rings (SSSR count). The molecular weight excluding hydrogens is 488 g/mol. The maximum absolute atomic E-state index is 13.1. The van der Waals surface area contributed by atoms with E-state index in [2.05, 4.69) is 22.0 Å². The van der Waals surface area contributed by atoms with Crippen molar-refractivity contribution in [3.63, 3.8) is 0 Å². The van der Waals surface area contributed by atoms with Crippen molar-refractivity contribution in [1.29, 1.82) is 0 Å². The molecule has 1 aliphatic heterocycles. The summed E-state index contributed by atoms with van der Waals surface area (Å²) in [4.78, 5) is 45.2. The standard InChI is InChI=1S/C28H26N4O4S/c1-36-27(35)21-11-12-23-24(17-21)29-28(37)32(26(23)34)18-19-7-9-20(10-8-19)25(33)31-15-13-30(14-16-31)22-5-3-2-4-6-22/h2-12,17H,13-16,18H2,1H3,(H,29,37). The summed E-state index contributed by atoms with van der Waals surface area (Å²) >= 11 is 5.43. The third kappa shape index (κ3) is 5.03. The lowest BCUT2D eigenvalue weighted by Gasteiger charge is -2.36. The van der Waals surface area contributed by atoms with Crippen molar-refractivity contribution in [3.8, 4) is 0 Å². The maximum Gasteiger partial charge on any atom is 0.337 e. The zero-order chi connectivity index (χ0) is 25.9. The molecule has 0 bridgehead atoms. The van der Waals surface area contributed by atoms with Crippen LogP contribution in [0.25, 0.3) is 10.9 Å². The van der Waals surface area contributed by atoms with E-state index in [1.807, 2.05) is 35.2 Å². The Hall–Kier alpha value is -4.24. The van der Waals surface area contributed by atoms with Gasteiger partial charge in [-0.25, -0.2) is 4.79 Å². The quantitative estimate of drug-likeness (QED) is 0.322. The largest absolute Gasteiger partial charge is 0.465 e. The molecule has 4 aromatic rings. The number of piperazine rings is 1. The van der Waals surface area contributed by atoms with Gasteiger partial charge in [0.05, 0.1) is 30.1 Å². The van der Waals surface area contributed by atoms with Gasteiger partial charge in [0.1, 0.15) is 0 Å². The van der Waals surface area contributed by atoms with E-state index < -0.39 is 5.97 Å². The summed E-state index contributed by atoms with van der Waals surface area (Å²) in [6, 6.07) is 22.2. The molecule has 1 saturated heterocycles. The second-order valence-electron chi connectivity index (χ2n) is 8.89. The first kappa shape index (κ1) is 24.5. The molecule has 0 radical (unpaired) electrons. The molecule has 1 N–H and O–H groups in total. The lowest BCUT2D eigenvalue weighted by molar-refractivity contribution is 0.0600. The van der Waals surface area contributed by atoms with Crippen molar-refractivity contribution in [1.82, 2.24) is 14.5 Å². The third-order valence-corrected chi connectivity index (χ3v) is 6.96. The van der Waals surface area contributed by atoms with Gasteiger partial charge in [-0.1, -0.05) is 30.3 Å². The summed E-state index contributed by atoms with van der Waals surface area (Å²) in [6.45, 7) is 3.16. The van der Waals surface area contributed by atoms with Crippen LogP contribution < -0.4 is 10.5 Å². The molecule has 0 unspecified atom stereocenters. The van der Waals surface area contributed by atoms with E-state index in [1.165, 1.54) is 17.4 Å². The lowest BCUT2D eigenvalue weighted by Crippen LogP contribution is -2.48. The van der Waals surface area contributed by atoms with Gasteiger partial charge in [0.2, 0.25) is 0 Å². The number of nitrogens with one attached hydrogen (secondary N) is 1. The van der Waals surface area contributed by atoms with Gasteiger partial charge < -0.3 is 19.5 Å². The lowest BCUT2D eigenvalue weighted by atomic mass is 10.1. The molecule has 2 heterocycles. The number of amides is 1. The van der Waals surface area contributed by atoms with Crippen molar-refractivity contribution in [2.24, 2.45) is 0 Å². The number of H-pyrrole nitrogens is 1. The average molecular weight is 515 g/mol. The molecule has 0 atom stereocenters. The number of benzene rings is 3. The Bertz CT molecular complexity index is 1570. The molecule has 0 aliphatic carbocycles. The Labute approximate surface area is 218 Å². The van der Waals surface area contributed by atoms with Crippen LogP contribution in [0.2, 0.25) is 0 Å². The van der Waals surface area contributed by atoms with E-state index in [1.54, 1.807) is 30.3 Å². The van der Waals surface area contributed by atoms with Crippen LogP contribution in [0.4, 0.5) is 5.69 Å². The number of hydrogen-bond acceptors (Lipinski definition) is 6. The van der Waals surface area contributed by atoms with Crippen LogP contribution in [0.3, 0.4) is 0 Å². The topological polar surface area (TPSA) is 87.6 Å². The van der Waals surface area contributed by atoms with E-state index in [9.17, 15) is 14.4 Å². The first-order chi connectivity index (χ1) is 17.9. The summed E-state index contributed by atoms with van der Waals surface area (Å²) in [5, 5.41) is 0.419. The van der Waals surface area contributed by atoms with Gasteiger partial charge in [0.25, 0.3) is 11.5 Å². The number of aromatic nitrogens is 2. The number of carbonyl (C=O) groups is 2. The zero-order valence-electron chi connectivity index (χ0n) is 20.3. The summed E-state index contributed by atoms with van der Waals surface area (Å²) in [6.07, 6.45) is 0. The number of nitrogens with zero attached hydrogens (tertiary/aromatic N) is 3. The number of esters is 1. The second-order valence-corrected chi connectivity index (χ2v) is 9.27. The van der Waals surface area contributed by atoms with E-state index in [4.69, 9.17) is 17.0 Å². The van der Waals surface area contributed by atoms with Crippen LogP contribution in [0.5, 0.6) is 0 Å². The predicted molar refractivity (Wildman–Crippen MR) is 145 cm³/mol. The average Bonchev–Trinajstić information content (AvgIpc) is 2.95. The molecule has 3 aromatic carbocycles. The van der Waals surface area contributed by atoms with Gasteiger partial charge in [-0.15, -0.1) is 0 Å². The van der Waals surface area contributed by atoms with Crippen LogP contribution in [0, 0.1) is 4.77 Å². The van der Waals surface area contributed by atoms with Crippen LogP contribution in [-0.2, 0) is 11.3 Å². The number of ether oxygens (including phenoxy) is 1. The highest BCUT2D eigenvalue weighted by Crippen LogP contribution is 2.18. The monoisotopic (exact) mass is 514 g/mol. The Morgan fingerprint density at radius 2 is 1.59 bits per heavy atom. The van der Waals surface area contributed by atoms with E-state index in [0.717, 1.165) is 18.7 Å². The highest BCUT2D eigenvalue weighted by Gasteiger charge is 2.22. The molecule has 188 valence electrons. The summed E-state index contributed by atoms with van der Waals surface area (Å²) in [5.41, 5.74) is 3.18. The molecular formula is C28H26N4O4S. The van der Waals surface area contributed by atoms with Crippen molar-refractivity contribution < 1.29 is 14.3 Å². The van der Waals surface area contributed by atoms with Crippen molar-refractivity contribution in [2.45, 2.75) is 6.54 Å². The molecule has 1 amide bonds. The van der Waals surface area contributed by atoms with Crippen LogP contribution >= 0.6 is 12.2 Å². The minimum atomic E-state index is -0.488. The Kier molecular flexibility index (Phi) is 6.87. The molecule has 1 aromatic heterocycles. The molecule has 37 heavy (non-hydrogen) atoms. The van der Waals surface area contributed by atoms with E-state index in [-0.39, 0.29) is 22.8 Å². The van der Waals surface area contributed by atoms with E-state index >= 15 is 0 Å². The van der Waals surface area contributed by atoms with Crippen molar-refractivity contribution >= 4 is 40.7 Å². The van der Waals surface area contributed by atoms with Crippen LogP contribution in [0.15, 0.2) is 77.6 Å². The highest BCUT2D eigenvalue weighted by molar-refractivity contribution is 7.71. The number of para-hydroxylation sites is 1. The summed E-state index contributed by atoms with van der Waals surface area (Å²) in [7, 11) is 1.30. The van der Waals surface area contributed by atoms with Crippen molar-refractivity contribution in [3.05, 3.63) is 105 Å². The number of rotatable bonds is 5. The van der Waals surface area contributed by atoms with Gasteiger partial charge in [-0.3, -0.25) is 14.2 Å². The number of aromatic amines is 1. The molecule has 8 nitrogen and oxygen atoms in total. The first-order valence-electron chi connectivity index (χ1n) is 12.0. The van der Waals surface area contributed by atoms with Crippen molar-refractivity contribution in [2.75, 3.05) is 38.2 Å². The van der Waals surface area contributed by atoms with Gasteiger partial charge >= 0.3 is 5.97 Å². The Morgan fingerprint density at radius 1 is 0.919 bits per heavy atom. The smallest absolute Gasteiger partial charge is 0.337 e. The molecule has 9 heteroatoms. The fourth-order valence-electron chi connectivity index (χ4n) is 4.57. The molecule has 1 aliphatic rings. The fraction of sp³-hybridized carbons (Fsp3) is 0.214. The Morgan fingerprint density at radius 3 is 2.27 bits per heavy atom. The number of carbonyl (C=O) groups excluding carboxylic acids is 2. The second kappa shape index (κ2) is 10.4. The van der Waals surface area contributed by atoms with E-state index in [0.29, 0.717) is 35.1 Å². The van der Waals surface area contributed by atoms with Crippen LogP contribution in [0.1, 0.15) is 26.3 Å². The highest BCUT2D eigenvalue weighted by atomic mass is 32.1. The molecule has 0 spiro atoms. The normalized spacial score (nSPS) is 13.5. The number of methoxy groups -OCH3 is 1. The minimum Gasteiger partial charge on any atom is -0.465 e. The zero-order valence-corrected chi connectivity index (χ0v) is 21.2. The Balaban J connectivity index is 1.29. The third-order valence-electron chi connectivity index (χ3n) is 6.63. The first-order valence-corrected chi connectivity index (χ1v) is 12.4. The number of anilines is 1. The number of fused-ring (bicyclic) bond motifs is 1. The SMILES string of the molecule is COC(=O)c1ccc2c(=O)n(Cc3ccc(C(=O)N4CCN(c5ccccc5)CC4)cc3)c(=S)[nH]c2c1. The van der Waals surface area contributed by atoms with Gasteiger partial charge in [-0.05, 0) is 60.2 Å². The maximum atomic E-state index is 13.1. The fourth-order valence-corrected chi connectivity index (χ4v) is 4.82. The van der Waals surface area contributed by atoms with Crippen LogP contribution in [-0.4, -0.2) is 59.6 Å². The summed E-state index contributed by atoms with van der Waals surface area (Å²) < 4.78 is 6.46.